The number of nitrogens with zero attached hydrogens (tertiary/aromatic N) is 4. The van der Waals surface area contributed by atoms with Gasteiger partial charge in [-0.2, -0.15) is 4.98 Å². The Kier molecular flexibility index (Phi) is 4.35. The fourth-order valence-electron chi connectivity index (χ4n) is 2.90. The maximum Gasteiger partial charge on any atom is 0.301 e. The average Bonchev–Trinajstić information content (AvgIpc) is 3.30. The summed E-state index contributed by atoms with van der Waals surface area (Å²) in [6, 6.07) is 1.77. The van der Waals surface area contributed by atoms with E-state index in [1.807, 2.05) is 0 Å². The Hall–Kier alpha value is -2.87. The van der Waals surface area contributed by atoms with Crippen molar-refractivity contribution < 1.29 is 19.7 Å². The number of aromatic nitrogens is 6. The van der Waals surface area contributed by atoms with Crippen LogP contribution >= 0.6 is 12.2 Å². The SMILES string of the molecule is N=c1ccn2c(n1)OC1C(O)C(CO)OC12.Nc1nc(=S)c2[nH]cnc2[nH]1. The maximum atomic E-state index is 9.80. The monoisotopic (exact) mass is 392 g/mol. The molecule has 1 saturated heterocycles. The molecule has 4 atom stereocenters. The molecule has 12 nitrogen and oxygen atoms in total. The number of aromatic amines is 2. The Morgan fingerprint density at radius 2 is 2.22 bits per heavy atom. The molecule has 3 aromatic heterocycles. The van der Waals surface area contributed by atoms with Gasteiger partial charge in [-0.05, 0) is 6.07 Å². The van der Waals surface area contributed by atoms with Crippen molar-refractivity contribution in [3.8, 4) is 6.01 Å². The highest BCUT2D eigenvalue weighted by molar-refractivity contribution is 7.71. The van der Waals surface area contributed by atoms with Crippen LogP contribution in [0.15, 0.2) is 18.6 Å². The predicted octanol–water partition coefficient (Wildman–Crippen LogP) is -1.03. The van der Waals surface area contributed by atoms with Crippen LogP contribution in [-0.2, 0) is 4.74 Å². The van der Waals surface area contributed by atoms with Crippen LogP contribution in [0.25, 0.3) is 11.2 Å². The van der Waals surface area contributed by atoms with Crippen molar-refractivity contribution in [1.29, 1.82) is 5.41 Å². The van der Waals surface area contributed by atoms with Crippen molar-refractivity contribution in [3.05, 3.63) is 28.7 Å². The summed E-state index contributed by atoms with van der Waals surface area (Å²) in [6.07, 6.45) is 0.610. The zero-order valence-electron chi connectivity index (χ0n) is 13.7. The molecule has 142 valence electrons. The highest BCUT2D eigenvalue weighted by Gasteiger charge is 2.50. The van der Waals surface area contributed by atoms with E-state index in [0.717, 1.165) is 0 Å². The smallest absolute Gasteiger partial charge is 0.301 e. The average molecular weight is 392 g/mol. The molecular formula is C14H16N8O4S. The lowest BCUT2D eigenvalue weighted by Gasteiger charge is -2.14. The van der Waals surface area contributed by atoms with E-state index in [0.29, 0.717) is 15.8 Å². The number of anilines is 1. The Labute approximate surface area is 156 Å². The van der Waals surface area contributed by atoms with Gasteiger partial charge in [0.05, 0.1) is 12.9 Å². The summed E-state index contributed by atoms with van der Waals surface area (Å²) in [5.41, 5.74) is 6.85. The summed E-state index contributed by atoms with van der Waals surface area (Å²) in [5, 5.41) is 26.1. The second kappa shape index (κ2) is 6.70. The lowest BCUT2D eigenvalue weighted by atomic mass is 10.1. The number of aliphatic hydroxyl groups excluding tert-OH is 2. The number of rotatable bonds is 1. The van der Waals surface area contributed by atoms with Crippen molar-refractivity contribution in [2.45, 2.75) is 24.5 Å². The van der Waals surface area contributed by atoms with Gasteiger partial charge in [-0.3, -0.25) is 9.98 Å². The Bertz CT molecular complexity index is 1090. The number of aliphatic hydroxyl groups is 2. The van der Waals surface area contributed by atoms with Gasteiger partial charge >= 0.3 is 6.01 Å². The van der Waals surface area contributed by atoms with E-state index >= 15 is 0 Å². The van der Waals surface area contributed by atoms with Gasteiger partial charge in [0.15, 0.2) is 28.1 Å². The number of hydrogen-bond donors (Lipinski definition) is 6. The second-order valence-electron chi connectivity index (χ2n) is 5.88. The van der Waals surface area contributed by atoms with Gasteiger partial charge in [0.1, 0.15) is 17.7 Å². The minimum atomic E-state index is -0.883. The normalized spacial score (nSPS) is 25.4. The second-order valence-corrected chi connectivity index (χ2v) is 6.26. The summed E-state index contributed by atoms with van der Waals surface area (Å²) in [4.78, 5) is 17.3. The molecule has 5 heterocycles. The number of nitrogens with two attached hydrogens (primary N) is 1. The van der Waals surface area contributed by atoms with Crippen LogP contribution in [0, 0.1) is 10.0 Å². The van der Waals surface area contributed by atoms with Crippen LogP contribution in [0.5, 0.6) is 6.01 Å². The van der Waals surface area contributed by atoms with E-state index in [-0.39, 0.29) is 24.1 Å². The molecule has 2 aliphatic rings. The van der Waals surface area contributed by atoms with E-state index in [1.165, 1.54) is 12.4 Å². The van der Waals surface area contributed by atoms with E-state index in [2.05, 4.69) is 24.9 Å². The topological polar surface area (TPSA) is 184 Å². The third-order valence-corrected chi connectivity index (χ3v) is 4.46. The predicted molar refractivity (Wildman–Crippen MR) is 93.0 cm³/mol. The molecule has 0 amide bonds. The van der Waals surface area contributed by atoms with E-state index in [9.17, 15) is 5.11 Å². The molecule has 0 bridgehead atoms. The fraction of sp³-hybridized carbons (Fsp3) is 0.357. The van der Waals surface area contributed by atoms with Gasteiger partial charge in [0.2, 0.25) is 5.95 Å². The van der Waals surface area contributed by atoms with Gasteiger partial charge in [0.25, 0.3) is 0 Å². The quantitative estimate of drug-likeness (QED) is 0.282. The lowest BCUT2D eigenvalue weighted by Crippen LogP contribution is -2.34. The van der Waals surface area contributed by atoms with Crippen molar-refractivity contribution in [3.63, 3.8) is 0 Å². The maximum absolute atomic E-state index is 9.80. The molecule has 1 fully saturated rings. The number of hydrogen-bond acceptors (Lipinski definition) is 10. The fourth-order valence-corrected chi connectivity index (χ4v) is 3.16. The van der Waals surface area contributed by atoms with Crippen molar-refractivity contribution in [1.82, 2.24) is 29.5 Å². The molecule has 27 heavy (non-hydrogen) atoms. The molecule has 0 saturated carbocycles. The number of fused-ring (bicyclic) bond motifs is 4. The standard InChI is InChI=1S/C9H11N3O4.C5H5N5S/c10-5-1-2-12-8-7(16-9(12)11-5)6(14)4(3-13)15-8;6-5-9-3-2(4(11)10-5)7-1-8-3/h1-2,4,6-8,10,13-14H,3H2;1H,(H4,6,7,8,9,10,11). The largest absolute Gasteiger partial charge is 0.454 e. The lowest BCUT2D eigenvalue weighted by molar-refractivity contribution is -0.0434. The molecule has 5 rings (SSSR count). The molecular weight excluding hydrogens is 376 g/mol. The molecule has 3 aromatic rings. The van der Waals surface area contributed by atoms with Crippen molar-refractivity contribution in [2.75, 3.05) is 12.3 Å². The zero-order chi connectivity index (χ0) is 19.1. The third kappa shape index (κ3) is 3.06. The van der Waals surface area contributed by atoms with Gasteiger partial charge in [0, 0.05) is 6.20 Å². The first-order valence-electron chi connectivity index (χ1n) is 7.91. The van der Waals surface area contributed by atoms with Crippen LogP contribution < -0.4 is 16.0 Å². The molecule has 0 radical (unpaired) electrons. The minimum absolute atomic E-state index is 0.0967. The van der Waals surface area contributed by atoms with E-state index in [4.69, 9.17) is 37.9 Å². The Morgan fingerprint density at radius 3 is 3.00 bits per heavy atom. The van der Waals surface area contributed by atoms with Crippen LogP contribution in [0.3, 0.4) is 0 Å². The van der Waals surface area contributed by atoms with E-state index < -0.39 is 24.5 Å². The first-order valence-corrected chi connectivity index (χ1v) is 8.32. The zero-order valence-corrected chi connectivity index (χ0v) is 14.6. The Morgan fingerprint density at radius 1 is 1.41 bits per heavy atom. The van der Waals surface area contributed by atoms with Gasteiger partial charge < -0.3 is 35.4 Å². The number of nitrogen functional groups attached to an aromatic ring is 1. The summed E-state index contributed by atoms with van der Waals surface area (Å²) >= 11 is 4.91. The number of nitrogens with one attached hydrogen (secondary N) is 3. The van der Waals surface area contributed by atoms with Crippen LogP contribution in [-0.4, -0.2) is 64.6 Å². The number of imidazole rings is 1. The van der Waals surface area contributed by atoms with Crippen LogP contribution in [0.4, 0.5) is 5.95 Å². The summed E-state index contributed by atoms with van der Waals surface area (Å²) < 4.78 is 12.9. The van der Waals surface area contributed by atoms with Crippen LogP contribution in [0.2, 0.25) is 0 Å². The number of ether oxygens (including phenoxy) is 2. The summed E-state index contributed by atoms with van der Waals surface area (Å²) in [7, 11) is 0. The first kappa shape index (κ1) is 17.5. The van der Waals surface area contributed by atoms with E-state index in [1.54, 1.807) is 10.8 Å². The molecule has 2 aliphatic heterocycles. The molecule has 0 spiro atoms. The first-order chi connectivity index (χ1) is 13.0. The minimum Gasteiger partial charge on any atom is -0.454 e. The summed E-state index contributed by atoms with van der Waals surface area (Å²) in [5.74, 6) is 0.287. The highest BCUT2D eigenvalue weighted by atomic mass is 32.1. The molecule has 7 N–H and O–H groups in total. The summed E-state index contributed by atoms with van der Waals surface area (Å²) in [6.45, 7) is -0.253. The molecule has 13 heteroatoms. The van der Waals surface area contributed by atoms with Crippen molar-refractivity contribution in [2.24, 2.45) is 0 Å². The molecule has 0 aliphatic carbocycles. The van der Waals surface area contributed by atoms with Crippen LogP contribution in [0.1, 0.15) is 6.23 Å². The third-order valence-electron chi connectivity index (χ3n) is 4.16. The van der Waals surface area contributed by atoms with Gasteiger partial charge in [-0.15, -0.1) is 0 Å². The molecule has 0 aromatic carbocycles. The molecule has 4 unspecified atom stereocenters. The van der Waals surface area contributed by atoms with Gasteiger partial charge in [-0.1, -0.05) is 12.2 Å². The highest BCUT2D eigenvalue weighted by Crippen LogP contribution is 2.38. The Balaban J connectivity index is 0.000000143. The van der Waals surface area contributed by atoms with Crippen molar-refractivity contribution >= 4 is 29.3 Å². The number of H-pyrrole nitrogens is 2. The van der Waals surface area contributed by atoms with Gasteiger partial charge in [-0.25, -0.2) is 9.97 Å².